The molecule has 0 aliphatic carbocycles. The van der Waals surface area contributed by atoms with Gasteiger partial charge in [0, 0.05) is 12.7 Å². The van der Waals surface area contributed by atoms with Crippen LogP contribution in [0.1, 0.15) is 11.1 Å². The summed E-state index contributed by atoms with van der Waals surface area (Å²) in [4.78, 5) is 3.76. The molecule has 0 saturated carbocycles. The molecular formula is C13H9ClFN3. The summed E-state index contributed by atoms with van der Waals surface area (Å²) in [5.74, 6) is -0.375. The summed E-state index contributed by atoms with van der Waals surface area (Å²) in [6.07, 6.45) is 2.73. The van der Waals surface area contributed by atoms with E-state index in [1.807, 2.05) is 6.07 Å². The Morgan fingerprint density at radius 1 is 1.33 bits per heavy atom. The molecule has 0 bridgehead atoms. The molecule has 0 saturated heterocycles. The molecule has 2 aromatic rings. The molecule has 90 valence electrons. The molecule has 5 heteroatoms. The molecular weight excluding hydrogens is 253 g/mol. The van der Waals surface area contributed by atoms with Crippen molar-refractivity contribution in [2.45, 2.75) is 6.54 Å². The minimum atomic E-state index is -0.375. The molecule has 0 atom stereocenters. The number of aromatic nitrogens is 1. The van der Waals surface area contributed by atoms with Gasteiger partial charge in [0.25, 0.3) is 0 Å². The van der Waals surface area contributed by atoms with Crippen molar-refractivity contribution in [1.82, 2.24) is 4.98 Å². The lowest BCUT2D eigenvalue weighted by molar-refractivity contribution is 0.619. The van der Waals surface area contributed by atoms with Crippen molar-refractivity contribution in [3.05, 3.63) is 58.6 Å². The standard InChI is InChI=1S/C13H9ClFN3/c14-12-4-9(5-16)1-2-13(12)18-7-10-3-11(15)8-17-6-10/h1-4,6,8,18H,7H2. The number of nitriles is 1. The summed E-state index contributed by atoms with van der Waals surface area (Å²) in [5, 5.41) is 12.2. The quantitative estimate of drug-likeness (QED) is 0.922. The number of nitrogens with one attached hydrogen (secondary N) is 1. The highest BCUT2D eigenvalue weighted by Crippen LogP contribution is 2.23. The second-order valence-corrected chi connectivity index (χ2v) is 4.08. The Balaban J connectivity index is 2.09. The van der Waals surface area contributed by atoms with Gasteiger partial charge < -0.3 is 5.32 Å². The summed E-state index contributed by atoms with van der Waals surface area (Å²) in [7, 11) is 0. The molecule has 0 amide bonds. The van der Waals surface area contributed by atoms with Crippen LogP contribution in [0.25, 0.3) is 0 Å². The van der Waals surface area contributed by atoms with Crippen LogP contribution in [0.3, 0.4) is 0 Å². The molecule has 0 unspecified atom stereocenters. The van der Waals surface area contributed by atoms with Crippen molar-refractivity contribution < 1.29 is 4.39 Å². The lowest BCUT2D eigenvalue weighted by Crippen LogP contribution is -2.01. The van der Waals surface area contributed by atoms with Crippen LogP contribution in [0.4, 0.5) is 10.1 Å². The Hall–Kier alpha value is -2.12. The van der Waals surface area contributed by atoms with E-state index in [9.17, 15) is 4.39 Å². The third-order valence-electron chi connectivity index (χ3n) is 2.34. The summed E-state index contributed by atoms with van der Waals surface area (Å²) in [5.41, 5.74) is 1.91. The number of anilines is 1. The first kappa shape index (κ1) is 12.3. The van der Waals surface area contributed by atoms with Gasteiger partial charge in [-0.3, -0.25) is 4.98 Å². The molecule has 0 fully saturated rings. The maximum atomic E-state index is 12.9. The van der Waals surface area contributed by atoms with E-state index in [-0.39, 0.29) is 5.82 Å². The number of hydrogen-bond acceptors (Lipinski definition) is 3. The van der Waals surface area contributed by atoms with Crippen LogP contribution in [0.15, 0.2) is 36.7 Å². The van der Waals surface area contributed by atoms with E-state index in [4.69, 9.17) is 16.9 Å². The minimum Gasteiger partial charge on any atom is -0.380 e. The van der Waals surface area contributed by atoms with Crippen molar-refractivity contribution in [3.8, 4) is 6.07 Å². The van der Waals surface area contributed by atoms with Crippen LogP contribution < -0.4 is 5.32 Å². The summed E-state index contributed by atoms with van der Waals surface area (Å²) in [6.45, 7) is 0.413. The summed E-state index contributed by atoms with van der Waals surface area (Å²) >= 11 is 6.00. The van der Waals surface area contributed by atoms with E-state index in [2.05, 4.69) is 10.3 Å². The third kappa shape index (κ3) is 2.96. The fourth-order valence-corrected chi connectivity index (χ4v) is 1.73. The molecule has 2 rings (SSSR count). The second kappa shape index (κ2) is 5.48. The molecule has 0 aliphatic heterocycles. The van der Waals surface area contributed by atoms with Crippen LogP contribution >= 0.6 is 11.6 Å². The highest BCUT2D eigenvalue weighted by molar-refractivity contribution is 6.33. The first-order valence-corrected chi connectivity index (χ1v) is 5.60. The molecule has 18 heavy (non-hydrogen) atoms. The van der Waals surface area contributed by atoms with Gasteiger partial charge in [-0.2, -0.15) is 5.26 Å². The lowest BCUT2D eigenvalue weighted by atomic mass is 10.2. The van der Waals surface area contributed by atoms with Gasteiger partial charge in [-0.15, -0.1) is 0 Å². The zero-order chi connectivity index (χ0) is 13.0. The summed E-state index contributed by atoms with van der Waals surface area (Å²) in [6, 6.07) is 8.36. The zero-order valence-electron chi connectivity index (χ0n) is 9.32. The maximum Gasteiger partial charge on any atom is 0.141 e. The van der Waals surface area contributed by atoms with Crippen molar-refractivity contribution >= 4 is 17.3 Å². The van der Waals surface area contributed by atoms with Crippen LogP contribution in [-0.2, 0) is 6.54 Å². The Bertz CT molecular complexity index is 607. The van der Waals surface area contributed by atoms with E-state index >= 15 is 0 Å². The van der Waals surface area contributed by atoms with Gasteiger partial charge in [-0.1, -0.05) is 11.6 Å². The first-order chi connectivity index (χ1) is 8.69. The molecule has 1 aromatic carbocycles. The predicted molar refractivity (Wildman–Crippen MR) is 67.7 cm³/mol. The molecule has 0 radical (unpaired) electrons. The van der Waals surface area contributed by atoms with Crippen molar-refractivity contribution in [3.63, 3.8) is 0 Å². The van der Waals surface area contributed by atoms with E-state index in [1.165, 1.54) is 6.07 Å². The Kier molecular flexibility index (Phi) is 3.75. The largest absolute Gasteiger partial charge is 0.380 e. The second-order valence-electron chi connectivity index (χ2n) is 3.67. The van der Waals surface area contributed by atoms with E-state index in [1.54, 1.807) is 24.4 Å². The average Bonchev–Trinajstić information content (AvgIpc) is 2.37. The molecule has 0 aliphatic rings. The van der Waals surface area contributed by atoms with Crippen molar-refractivity contribution in [1.29, 1.82) is 5.26 Å². The van der Waals surface area contributed by atoms with Gasteiger partial charge in [0.2, 0.25) is 0 Å². The number of pyridine rings is 1. The van der Waals surface area contributed by atoms with Gasteiger partial charge >= 0.3 is 0 Å². The van der Waals surface area contributed by atoms with Crippen LogP contribution in [0.5, 0.6) is 0 Å². The average molecular weight is 262 g/mol. The Morgan fingerprint density at radius 3 is 2.83 bits per heavy atom. The van der Waals surface area contributed by atoms with Crippen molar-refractivity contribution in [2.24, 2.45) is 0 Å². The number of benzene rings is 1. The number of nitrogens with zero attached hydrogens (tertiary/aromatic N) is 2. The fraction of sp³-hybridized carbons (Fsp3) is 0.0769. The number of hydrogen-bond donors (Lipinski definition) is 1. The Labute approximate surface area is 109 Å². The highest BCUT2D eigenvalue weighted by atomic mass is 35.5. The van der Waals surface area contributed by atoms with Crippen LogP contribution in [0.2, 0.25) is 5.02 Å². The van der Waals surface area contributed by atoms with Crippen molar-refractivity contribution in [2.75, 3.05) is 5.32 Å². The summed E-state index contributed by atoms with van der Waals surface area (Å²) < 4.78 is 12.9. The highest BCUT2D eigenvalue weighted by Gasteiger charge is 2.02. The third-order valence-corrected chi connectivity index (χ3v) is 2.66. The Morgan fingerprint density at radius 2 is 2.17 bits per heavy atom. The van der Waals surface area contributed by atoms with Crippen LogP contribution in [0, 0.1) is 17.1 Å². The number of halogens is 2. The smallest absolute Gasteiger partial charge is 0.141 e. The monoisotopic (exact) mass is 261 g/mol. The topological polar surface area (TPSA) is 48.7 Å². The molecule has 3 nitrogen and oxygen atoms in total. The predicted octanol–water partition coefficient (Wildman–Crippen LogP) is 3.36. The first-order valence-electron chi connectivity index (χ1n) is 5.22. The molecule has 1 N–H and O–H groups in total. The normalized spacial score (nSPS) is 9.83. The van der Waals surface area contributed by atoms with Gasteiger partial charge in [0.1, 0.15) is 5.82 Å². The number of rotatable bonds is 3. The van der Waals surface area contributed by atoms with E-state index in [0.29, 0.717) is 22.8 Å². The zero-order valence-corrected chi connectivity index (χ0v) is 10.1. The van der Waals surface area contributed by atoms with E-state index in [0.717, 1.165) is 11.8 Å². The van der Waals surface area contributed by atoms with Gasteiger partial charge in [0.15, 0.2) is 0 Å². The maximum absolute atomic E-state index is 12.9. The molecule has 0 spiro atoms. The van der Waals surface area contributed by atoms with E-state index < -0.39 is 0 Å². The minimum absolute atomic E-state index is 0.375. The van der Waals surface area contributed by atoms with Gasteiger partial charge in [0.05, 0.1) is 28.5 Å². The molecule has 1 heterocycles. The lowest BCUT2D eigenvalue weighted by Gasteiger charge is -2.08. The van der Waals surface area contributed by atoms with Crippen LogP contribution in [-0.4, -0.2) is 4.98 Å². The molecule has 1 aromatic heterocycles. The van der Waals surface area contributed by atoms with Gasteiger partial charge in [-0.05, 0) is 29.8 Å². The SMILES string of the molecule is N#Cc1ccc(NCc2cncc(F)c2)c(Cl)c1. The fourth-order valence-electron chi connectivity index (χ4n) is 1.48. The van der Waals surface area contributed by atoms with Gasteiger partial charge in [-0.25, -0.2) is 4.39 Å².